The van der Waals surface area contributed by atoms with Crippen LogP contribution in [0.15, 0.2) is 0 Å². The summed E-state index contributed by atoms with van der Waals surface area (Å²) in [5.41, 5.74) is -0.0742. The zero-order valence-electron chi connectivity index (χ0n) is 10.1. The van der Waals surface area contributed by atoms with Gasteiger partial charge in [0.15, 0.2) is 0 Å². The quantitative estimate of drug-likeness (QED) is 0.728. The van der Waals surface area contributed by atoms with Gasteiger partial charge in [0, 0.05) is 6.54 Å². The van der Waals surface area contributed by atoms with Crippen molar-refractivity contribution in [3.63, 3.8) is 0 Å². The van der Waals surface area contributed by atoms with Crippen LogP contribution in [0.1, 0.15) is 46.0 Å². The van der Waals surface area contributed by atoms with Crippen LogP contribution in [0.3, 0.4) is 0 Å². The molecule has 1 heterocycles. The predicted molar refractivity (Wildman–Crippen MR) is 62.7 cm³/mol. The van der Waals surface area contributed by atoms with E-state index >= 15 is 0 Å². The van der Waals surface area contributed by atoms with Gasteiger partial charge in [-0.1, -0.05) is 20.3 Å². The second-order valence-electron chi connectivity index (χ2n) is 4.54. The van der Waals surface area contributed by atoms with Gasteiger partial charge < -0.3 is 10.6 Å². The molecule has 1 aliphatic heterocycles. The molecule has 0 saturated carbocycles. The van der Waals surface area contributed by atoms with Crippen LogP contribution in [-0.2, 0) is 4.79 Å². The third-order valence-corrected chi connectivity index (χ3v) is 3.31. The largest absolute Gasteiger partial charge is 0.356 e. The second kappa shape index (κ2) is 6.11. The lowest BCUT2D eigenvalue weighted by atomic mass is 9.74. The summed E-state index contributed by atoms with van der Waals surface area (Å²) in [7, 11) is 0. The first kappa shape index (κ1) is 12.5. The Labute approximate surface area is 93.0 Å². The average molecular weight is 212 g/mol. The first-order valence-electron chi connectivity index (χ1n) is 6.24. The van der Waals surface area contributed by atoms with E-state index in [0.717, 1.165) is 51.7 Å². The number of amides is 1. The molecule has 1 amide bonds. The number of rotatable bonds is 5. The number of hydrogen-bond acceptors (Lipinski definition) is 2. The fourth-order valence-electron chi connectivity index (χ4n) is 2.40. The molecule has 3 nitrogen and oxygen atoms in total. The van der Waals surface area contributed by atoms with Crippen molar-refractivity contribution in [2.45, 2.75) is 46.0 Å². The maximum absolute atomic E-state index is 12.1. The molecule has 3 heteroatoms. The summed E-state index contributed by atoms with van der Waals surface area (Å²) in [5.74, 6) is 0.285. The summed E-state index contributed by atoms with van der Waals surface area (Å²) in [5, 5.41) is 6.39. The van der Waals surface area contributed by atoms with Crippen molar-refractivity contribution in [1.29, 1.82) is 0 Å². The topological polar surface area (TPSA) is 41.1 Å². The molecule has 0 aromatic rings. The molecule has 0 bridgehead atoms. The highest BCUT2D eigenvalue weighted by Gasteiger charge is 2.37. The molecule has 0 aliphatic carbocycles. The van der Waals surface area contributed by atoms with E-state index in [2.05, 4.69) is 24.5 Å². The Balaban J connectivity index is 2.57. The standard InChI is InChI=1S/C12H24N2O/c1-3-5-12(6-9-13-10-7-12)11(15)14-8-4-2/h13H,3-10H2,1-2H3,(H,14,15). The van der Waals surface area contributed by atoms with E-state index in [9.17, 15) is 4.79 Å². The summed E-state index contributed by atoms with van der Waals surface area (Å²) < 4.78 is 0. The lowest BCUT2D eigenvalue weighted by Crippen LogP contribution is -2.47. The van der Waals surface area contributed by atoms with Crippen LogP contribution in [0.4, 0.5) is 0 Å². The van der Waals surface area contributed by atoms with Crippen LogP contribution in [0.25, 0.3) is 0 Å². The van der Waals surface area contributed by atoms with Crippen molar-refractivity contribution in [1.82, 2.24) is 10.6 Å². The van der Waals surface area contributed by atoms with E-state index in [-0.39, 0.29) is 11.3 Å². The lowest BCUT2D eigenvalue weighted by molar-refractivity contribution is -0.133. The Bertz CT molecular complexity index is 192. The van der Waals surface area contributed by atoms with Crippen molar-refractivity contribution in [2.24, 2.45) is 5.41 Å². The normalized spacial score (nSPS) is 19.9. The third-order valence-electron chi connectivity index (χ3n) is 3.31. The van der Waals surface area contributed by atoms with Crippen LogP contribution in [0, 0.1) is 5.41 Å². The number of nitrogens with one attached hydrogen (secondary N) is 2. The van der Waals surface area contributed by atoms with Gasteiger partial charge in [0.1, 0.15) is 0 Å². The average Bonchev–Trinajstić information content (AvgIpc) is 2.27. The van der Waals surface area contributed by atoms with Gasteiger partial charge in [0.05, 0.1) is 5.41 Å². The molecular weight excluding hydrogens is 188 g/mol. The molecule has 0 spiro atoms. The summed E-state index contributed by atoms with van der Waals surface area (Å²) in [4.78, 5) is 12.1. The van der Waals surface area contributed by atoms with Crippen molar-refractivity contribution >= 4 is 5.91 Å². The molecule has 0 radical (unpaired) electrons. The maximum atomic E-state index is 12.1. The summed E-state index contributed by atoms with van der Waals surface area (Å²) >= 11 is 0. The van der Waals surface area contributed by atoms with Crippen molar-refractivity contribution in [2.75, 3.05) is 19.6 Å². The van der Waals surface area contributed by atoms with Crippen molar-refractivity contribution in [3.05, 3.63) is 0 Å². The van der Waals surface area contributed by atoms with Gasteiger partial charge in [-0.15, -0.1) is 0 Å². The molecule has 1 rings (SSSR count). The van der Waals surface area contributed by atoms with E-state index in [4.69, 9.17) is 0 Å². The van der Waals surface area contributed by atoms with E-state index in [1.807, 2.05) is 0 Å². The van der Waals surface area contributed by atoms with Crippen molar-refractivity contribution < 1.29 is 4.79 Å². The molecule has 15 heavy (non-hydrogen) atoms. The highest BCUT2D eigenvalue weighted by molar-refractivity contribution is 5.82. The molecule has 1 saturated heterocycles. The van der Waals surface area contributed by atoms with Gasteiger partial charge in [-0.3, -0.25) is 4.79 Å². The first-order chi connectivity index (χ1) is 7.25. The lowest BCUT2D eigenvalue weighted by Gasteiger charge is -2.36. The van der Waals surface area contributed by atoms with Crippen LogP contribution in [0.5, 0.6) is 0 Å². The smallest absolute Gasteiger partial charge is 0.226 e. The van der Waals surface area contributed by atoms with Gasteiger partial charge in [-0.2, -0.15) is 0 Å². The number of hydrogen-bond donors (Lipinski definition) is 2. The minimum absolute atomic E-state index is 0.0742. The van der Waals surface area contributed by atoms with E-state index in [0.29, 0.717) is 0 Å². The summed E-state index contributed by atoms with van der Waals surface area (Å²) in [6, 6.07) is 0. The third kappa shape index (κ3) is 3.20. The Morgan fingerprint density at radius 2 is 1.93 bits per heavy atom. The predicted octanol–water partition coefficient (Wildman–Crippen LogP) is 1.68. The van der Waals surface area contributed by atoms with Crippen LogP contribution < -0.4 is 10.6 Å². The number of carbonyl (C=O) groups is 1. The Hall–Kier alpha value is -0.570. The van der Waals surface area contributed by atoms with Gasteiger partial charge in [0.2, 0.25) is 5.91 Å². The highest BCUT2D eigenvalue weighted by Crippen LogP contribution is 2.34. The first-order valence-corrected chi connectivity index (χ1v) is 6.24. The van der Waals surface area contributed by atoms with E-state index < -0.39 is 0 Å². The van der Waals surface area contributed by atoms with Crippen LogP contribution >= 0.6 is 0 Å². The van der Waals surface area contributed by atoms with E-state index in [1.54, 1.807) is 0 Å². The van der Waals surface area contributed by atoms with Gasteiger partial charge in [-0.25, -0.2) is 0 Å². The molecule has 0 aromatic heterocycles. The molecule has 0 unspecified atom stereocenters. The Morgan fingerprint density at radius 3 is 2.47 bits per heavy atom. The molecule has 2 N–H and O–H groups in total. The van der Waals surface area contributed by atoms with Crippen LogP contribution in [0.2, 0.25) is 0 Å². The van der Waals surface area contributed by atoms with Gasteiger partial charge in [-0.05, 0) is 38.8 Å². The second-order valence-corrected chi connectivity index (χ2v) is 4.54. The Kier molecular flexibility index (Phi) is 5.09. The summed E-state index contributed by atoms with van der Waals surface area (Å²) in [6.07, 6.45) is 5.14. The van der Waals surface area contributed by atoms with Gasteiger partial charge in [0.25, 0.3) is 0 Å². The molecular formula is C12H24N2O. The SMILES string of the molecule is CCCNC(=O)C1(CCC)CCNCC1. The van der Waals surface area contributed by atoms with Gasteiger partial charge >= 0.3 is 0 Å². The highest BCUT2D eigenvalue weighted by atomic mass is 16.2. The monoisotopic (exact) mass is 212 g/mol. The van der Waals surface area contributed by atoms with Crippen molar-refractivity contribution in [3.8, 4) is 0 Å². The minimum Gasteiger partial charge on any atom is -0.356 e. The molecule has 88 valence electrons. The molecule has 1 aliphatic rings. The zero-order chi connectivity index (χ0) is 11.1. The summed E-state index contributed by atoms with van der Waals surface area (Å²) in [6.45, 7) is 7.04. The Morgan fingerprint density at radius 1 is 1.27 bits per heavy atom. The zero-order valence-corrected chi connectivity index (χ0v) is 10.1. The molecule has 0 atom stereocenters. The number of piperidine rings is 1. The fraction of sp³-hybridized carbons (Fsp3) is 0.917. The van der Waals surface area contributed by atoms with E-state index in [1.165, 1.54) is 0 Å². The molecule has 0 aromatic carbocycles. The number of carbonyl (C=O) groups excluding carboxylic acids is 1. The van der Waals surface area contributed by atoms with Crippen LogP contribution in [-0.4, -0.2) is 25.5 Å². The minimum atomic E-state index is -0.0742. The maximum Gasteiger partial charge on any atom is 0.226 e. The fourth-order valence-corrected chi connectivity index (χ4v) is 2.40. The molecule has 1 fully saturated rings.